The quantitative estimate of drug-likeness (QED) is 0.719. The molecule has 71 valence electrons. The molecule has 0 fully saturated rings. The molecular weight excluding hydrogens is 162 g/mol. The van der Waals surface area contributed by atoms with Crippen molar-refractivity contribution in [1.29, 1.82) is 0 Å². The van der Waals surface area contributed by atoms with Gasteiger partial charge in [-0.3, -0.25) is 0 Å². The van der Waals surface area contributed by atoms with Crippen LogP contribution >= 0.6 is 0 Å². The van der Waals surface area contributed by atoms with E-state index in [2.05, 4.69) is 13.0 Å². The Morgan fingerprint density at radius 1 is 1.54 bits per heavy atom. The van der Waals surface area contributed by atoms with Gasteiger partial charge in [0.2, 0.25) is 0 Å². The number of benzene rings is 1. The van der Waals surface area contributed by atoms with Crippen LogP contribution in [0.25, 0.3) is 0 Å². The summed E-state index contributed by atoms with van der Waals surface area (Å²) in [7, 11) is 1.67. The zero-order valence-electron chi connectivity index (χ0n) is 8.26. The molecule has 2 N–H and O–H groups in total. The molecule has 0 saturated carbocycles. The van der Waals surface area contributed by atoms with E-state index in [0.717, 1.165) is 12.2 Å². The number of nitrogens with two attached hydrogens (primary N) is 1. The minimum Gasteiger partial charge on any atom is -0.496 e. The molecule has 13 heavy (non-hydrogen) atoms. The van der Waals surface area contributed by atoms with Crippen molar-refractivity contribution in [2.24, 2.45) is 0 Å². The number of hydrogen-bond acceptors (Lipinski definition) is 2. The molecule has 0 aliphatic rings. The Kier molecular flexibility index (Phi) is 3.62. The second kappa shape index (κ2) is 4.75. The predicted octanol–water partition coefficient (Wildman–Crippen LogP) is 2.42. The highest BCUT2D eigenvalue weighted by Crippen LogP contribution is 2.22. The Labute approximate surface area is 79.7 Å². The number of unbranched alkanes of at least 4 members (excludes halogenated alkanes) is 1. The van der Waals surface area contributed by atoms with Crippen LogP contribution in [0.2, 0.25) is 0 Å². The first-order chi connectivity index (χ1) is 6.27. The van der Waals surface area contributed by atoms with Gasteiger partial charge in [0.15, 0.2) is 0 Å². The van der Waals surface area contributed by atoms with Gasteiger partial charge in [0.1, 0.15) is 5.75 Å². The van der Waals surface area contributed by atoms with Crippen LogP contribution in [0.4, 0.5) is 5.69 Å². The molecule has 2 heteroatoms. The van der Waals surface area contributed by atoms with Crippen molar-refractivity contribution in [2.45, 2.75) is 26.2 Å². The maximum Gasteiger partial charge on any atom is 0.124 e. The molecular formula is C11H16NO. The highest BCUT2D eigenvalue weighted by molar-refractivity contribution is 5.47. The second-order valence-corrected chi connectivity index (χ2v) is 3.09. The topological polar surface area (TPSA) is 35.2 Å². The summed E-state index contributed by atoms with van der Waals surface area (Å²) in [5.41, 5.74) is 7.43. The van der Waals surface area contributed by atoms with Gasteiger partial charge in [-0.2, -0.15) is 0 Å². The van der Waals surface area contributed by atoms with E-state index in [1.807, 2.05) is 12.1 Å². The van der Waals surface area contributed by atoms with Gasteiger partial charge in [-0.25, -0.2) is 0 Å². The molecule has 0 amide bonds. The molecule has 0 saturated heterocycles. The van der Waals surface area contributed by atoms with Crippen LogP contribution in [0, 0.1) is 6.07 Å². The molecule has 1 aromatic rings. The van der Waals surface area contributed by atoms with E-state index in [0.29, 0.717) is 5.69 Å². The van der Waals surface area contributed by atoms with Crippen molar-refractivity contribution in [2.75, 3.05) is 12.8 Å². The molecule has 0 unspecified atom stereocenters. The van der Waals surface area contributed by atoms with E-state index in [4.69, 9.17) is 10.5 Å². The van der Waals surface area contributed by atoms with Gasteiger partial charge in [0, 0.05) is 17.8 Å². The molecule has 0 atom stereocenters. The largest absolute Gasteiger partial charge is 0.496 e. The lowest BCUT2D eigenvalue weighted by atomic mass is 10.1. The lowest BCUT2D eigenvalue weighted by Gasteiger charge is -2.07. The number of hydrogen-bond donors (Lipinski definition) is 1. The summed E-state index contributed by atoms with van der Waals surface area (Å²) in [6.45, 7) is 2.17. The summed E-state index contributed by atoms with van der Waals surface area (Å²) < 4.78 is 5.22. The predicted molar refractivity (Wildman–Crippen MR) is 54.9 cm³/mol. The van der Waals surface area contributed by atoms with Gasteiger partial charge in [0.25, 0.3) is 0 Å². The van der Waals surface area contributed by atoms with Crippen molar-refractivity contribution < 1.29 is 4.74 Å². The third kappa shape index (κ3) is 2.65. The summed E-state index contributed by atoms with van der Waals surface area (Å²) in [6, 6.07) is 6.73. The van der Waals surface area contributed by atoms with E-state index < -0.39 is 0 Å². The first-order valence-corrected chi connectivity index (χ1v) is 4.62. The lowest BCUT2D eigenvalue weighted by molar-refractivity contribution is 0.409. The van der Waals surface area contributed by atoms with Crippen molar-refractivity contribution in [1.82, 2.24) is 0 Å². The van der Waals surface area contributed by atoms with Crippen LogP contribution in [0.1, 0.15) is 25.3 Å². The number of nitrogen functional groups attached to an aromatic ring is 1. The number of ether oxygens (including phenoxy) is 1. The minimum atomic E-state index is 0.636. The van der Waals surface area contributed by atoms with E-state index >= 15 is 0 Å². The maximum absolute atomic E-state index is 5.60. The summed E-state index contributed by atoms with van der Waals surface area (Å²) in [5.74, 6) is 0.879. The monoisotopic (exact) mass is 178 g/mol. The van der Waals surface area contributed by atoms with E-state index in [1.54, 1.807) is 7.11 Å². The van der Waals surface area contributed by atoms with Crippen LogP contribution in [-0.4, -0.2) is 7.11 Å². The fourth-order valence-electron chi connectivity index (χ4n) is 1.27. The fourth-order valence-corrected chi connectivity index (χ4v) is 1.27. The van der Waals surface area contributed by atoms with Gasteiger partial charge in [-0.15, -0.1) is 0 Å². The summed E-state index contributed by atoms with van der Waals surface area (Å²) >= 11 is 0. The molecule has 0 spiro atoms. The summed E-state index contributed by atoms with van der Waals surface area (Å²) in [5, 5.41) is 0. The molecule has 0 aliphatic heterocycles. The van der Waals surface area contributed by atoms with E-state index in [9.17, 15) is 0 Å². The molecule has 0 aliphatic carbocycles. The third-order valence-corrected chi connectivity index (χ3v) is 2.04. The number of rotatable bonds is 4. The second-order valence-electron chi connectivity index (χ2n) is 3.09. The summed E-state index contributed by atoms with van der Waals surface area (Å²) in [4.78, 5) is 0. The maximum atomic E-state index is 5.60. The van der Waals surface area contributed by atoms with Crippen molar-refractivity contribution in [3.05, 3.63) is 23.8 Å². The number of aryl methyl sites for hydroxylation is 1. The number of anilines is 1. The normalized spacial score (nSPS) is 10.0. The minimum absolute atomic E-state index is 0.636. The van der Waals surface area contributed by atoms with Crippen LogP contribution in [-0.2, 0) is 6.42 Å². The Balaban J connectivity index is 2.79. The number of methoxy groups -OCH3 is 1. The standard InChI is InChI=1S/C11H16NO/c1-3-4-5-9-6-7-10(12)8-11(9)13-2/h6,8H,3-5,12H2,1-2H3. The molecule has 1 aromatic carbocycles. The molecule has 1 rings (SSSR count). The van der Waals surface area contributed by atoms with Gasteiger partial charge in [-0.1, -0.05) is 13.3 Å². The third-order valence-electron chi connectivity index (χ3n) is 2.04. The first-order valence-electron chi connectivity index (χ1n) is 4.62. The molecule has 0 heterocycles. The highest BCUT2D eigenvalue weighted by atomic mass is 16.5. The van der Waals surface area contributed by atoms with Crippen molar-refractivity contribution in [3.8, 4) is 5.75 Å². The SMILES string of the molecule is CCCCc1c[c]c(N)cc1OC. The molecule has 0 bridgehead atoms. The molecule has 1 radical (unpaired) electrons. The van der Waals surface area contributed by atoms with E-state index in [1.165, 1.54) is 18.4 Å². The first kappa shape index (κ1) is 9.90. The highest BCUT2D eigenvalue weighted by Gasteiger charge is 2.02. The molecule has 2 nitrogen and oxygen atoms in total. The molecule has 0 aromatic heterocycles. The zero-order chi connectivity index (χ0) is 9.68. The summed E-state index contributed by atoms with van der Waals surface area (Å²) in [6.07, 6.45) is 3.40. The van der Waals surface area contributed by atoms with E-state index in [-0.39, 0.29) is 0 Å². The van der Waals surface area contributed by atoms with Crippen LogP contribution in [0.3, 0.4) is 0 Å². The van der Waals surface area contributed by atoms with Crippen molar-refractivity contribution >= 4 is 5.69 Å². The lowest BCUT2D eigenvalue weighted by Crippen LogP contribution is -1.94. The van der Waals surface area contributed by atoms with Gasteiger partial charge in [0.05, 0.1) is 7.11 Å². The fraction of sp³-hybridized carbons (Fsp3) is 0.455. The Bertz CT molecular complexity index is 271. The van der Waals surface area contributed by atoms with Gasteiger partial charge < -0.3 is 10.5 Å². The zero-order valence-corrected chi connectivity index (χ0v) is 8.26. The Morgan fingerprint density at radius 2 is 2.31 bits per heavy atom. The smallest absolute Gasteiger partial charge is 0.124 e. The average molecular weight is 178 g/mol. The van der Waals surface area contributed by atoms with Crippen LogP contribution in [0.5, 0.6) is 5.75 Å². The van der Waals surface area contributed by atoms with Gasteiger partial charge in [-0.05, 0) is 24.5 Å². The average Bonchev–Trinajstić information content (AvgIpc) is 2.16. The van der Waals surface area contributed by atoms with Crippen molar-refractivity contribution in [3.63, 3.8) is 0 Å². The Hall–Kier alpha value is -1.18. The van der Waals surface area contributed by atoms with Crippen LogP contribution < -0.4 is 10.5 Å². The Morgan fingerprint density at radius 3 is 2.92 bits per heavy atom. The van der Waals surface area contributed by atoms with Gasteiger partial charge >= 0.3 is 0 Å². The van der Waals surface area contributed by atoms with Crippen LogP contribution in [0.15, 0.2) is 12.1 Å².